The second kappa shape index (κ2) is 6.37. The van der Waals surface area contributed by atoms with E-state index in [4.69, 9.17) is 10.5 Å². The first-order valence-electron chi connectivity index (χ1n) is 6.80. The number of nitrogens with zero attached hydrogens (tertiary/aromatic N) is 1. The molecule has 2 rings (SSSR count). The van der Waals surface area contributed by atoms with Crippen molar-refractivity contribution in [3.63, 3.8) is 0 Å². The third-order valence-electron chi connectivity index (χ3n) is 3.35. The van der Waals surface area contributed by atoms with Gasteiger partial charge in [-0.05, 0) is 31.5 Å². The van der Waals surface area contributed by atoms with Crippen LogP contribution in [-0.4, -0.2) is 4.92 Å². The summed E-state index contributed by atoms with van der Waals surface area (Å²) in [6, 6.07) is 12.2. The topological polar surface area (TPSA) is 78.4 Å². The average molecular weight is 286 g/mol. The van der Waals surface area contributed by atoms with Gasteiger partial charge in [-0.2, -0.15) is 0 Å². The van der Waals surface area contributed by atoms with Gasteiger partial charge in [-0.3, -0.25) is 10.1 Å². The Bertz CT molecular complexity index is 656. The summed E-state index contributed by atoms with van der Waals surface area (Å²) < 4.78 is 5.85. The van der Waals surface area contributed by atoms with Crippen molar-refractivity contribution in [2.45, 2.75) is 26.3 Å². The van der Waals surface area contributed by atoms with Crippen molar-refractivity contribution in [3.05, 3.63) is 63.7 Å². The van der Waals surface area contributed by atoms with Gasteiger partial charge in [-0.15, -0.1) is 0 Å². The number of rotatable bonds is 5. The summed E-state index contributed by atoms with van der Waals surface area (Å²) in [6.07, 6.45) is 0.805. The second-order valence-corrected chi connectivity index (χ2v) is 4.86. The lowest BCUT2D eigenvalue weighted by Crippen LogP contribution is -2.09. The van der Waals surface area contributed by atoms with E-state index in [-0.39, 0.29) is 11.7 Å². The van der Waals surface area contributed by atoms with E-state index in [0.29, 0.717) is 17.1 Å². The molecule has 0 amide bonds. The Labute approximate surface area is 123 Å². The first kappa shape index (κ1) is 15.0. The van der Waals surface area contributed by atoms with Gasteiger partial charge in [0.2, 0.25) is 0 Å². The normalized spacial score (nSPS) is 12.0. The van der Waals surface area contributed by atoms with Gasteiger partial charge < -0.3 is 10.5 Å². The number of nitrogens with two attached hydrogens (primary N) is 1. The fourth-order valence-electron chi connectivity index (χ4n) is 2.12. The quantitative estimate of drug-likeness (QED) is 0.662. The van der Waals surface area contributed by atoms with Gasteiger partial charge in [-0.1, -0.05) is 25.1 Å². The summed E-state index contributed by atoms with van der Waals surface area (Å²) in [7, 11) is 0. The van der Waals surface area contributed by atoms with E-state index >= 15 is 0 Å². The Morgan fingerprint density at radius 1 is 1.29 bits per heavy atom. The van der Waals surface area contributed by atoms with Crippen molar-refractivity contribution in [1.82, 2.24) is 0 Å². The van der Waals surface area contributed by atoms with Crippen LogP contribution in [0.15, 0.2) is 42.5 Å². The van der Waals surface area contributed by atoms with Crippen LogP contribution < -0.4 is 10.5 Å². The molecule has 0 bridgehead atoms. The smallest absolute Gasteiger partial charge is 0.272 e. The van der Waals surface area contributed by atoms with Gasteiger partial charge in [0.1, 0.15) is 11.5 Å². The standard InChI is InChI=1S/C16H18N2O3/c1-3-14(17)13-6-4-5-7-16(13)21-12-8-9-15(18(19)20)11(2)10-12/h4-10,14H,3,17H2,1-2H3/t14-/m0/s1. The van der Waals surface area contributed by atoms with Gasteiger partial charge in [-0.25, -0.2) is 0 Å². The molecule has 0 heterocycles. The third kappa shape index (κ3) is 3.38. The lowest BCUT2D eigenvalue weighted by atomic mass is 10.0. The summed E-state index contributed by atoms with van der Waals surface area (Å²) in [5.74, 6) is 1.24. The fraction of sp³-hybridized carbons (Fsp3) is 0.250. The number of hydrogen-bond acceptors (Lipinski definition) is 4. The molecule has 5 heteroatoms. The highest BCUT2D eigenvalue weighted by atomic mass is 16.6. The van der Waals surface area contributed by atoms with Crippen LogP contribution in [0.4, 0.5) is 5.69 Å². The van der Waals surface area contributed by atoms with Crippen LogP contribution >= 0.6 is 0 Å². The Balaban J connectivity index is 2.31. The summed E-state index contributed by atoms with van der Waals surface area (Å²) >= 11 is 0. The molecule has 0 unspecified atom stereocenters. The van der Waals surface area contributed by atoms with Crippen LogP contribution in [0.3, 0.4) is 0 Å². The molecule has 5 nitrogen and oxygen atoms in total. The lowest BCUT2D eigenvalue weighted by molar-refractivity contribution is -0.385. The van der Waals surface area contributed by atoms with Crippen molar-refractivity contribution in [3.8, 4) is 11.5 Å². The molecule has 0 aliphatic heterocycles. The first-order chi connectivity index (χ1) is 10.0. The third-order valence-corrected chi connectivity index (χ3v) is 3.35. The molecule has 0 fully saturated rings. The number of hydrogen-bond donors (Lipinski definition) is 1. The van der Waals surface area contributed by atoms with E-state index in [1.165, 1.54) is 6.07 Å². The Hall–Kier alpha value is -2.40. The molecule has 0 aliphatic rings. The molecule has 0 radical (unpaired) electrons. The van der Waals surface area contributed by atoms with E-state index in [1.807, 2.05) is 31.2 Å². The van der Waals surface area contributed by atoms with Crippen LogP contribution in [0, 0.1) is 17.0 Å². The molecule has 2 aromatic rings. The molecule has 0 aliphatic carbocycles. The fourth-order valence-corrected chi connectivity index (χ4v) is 2.12. The Kier molecular flexibility index (Phi) is 4.55. The maximum atomic E-state index is 10.8. The largest absolute Gasteiger partial charge is 0.457 e. The van der Waals surface area contributed by atoms with E-state index in [1.54, 1.807) is 19.1 Å². The molecule has 1 atom stereocenters. The summed E-state index contributed by atoms with van der Waals surface area (Å²) in [5.41, 5.74) is 7.65. The highest BCUT2D eigenvalue weighted by molar-refractivity contribution is 5.46. The van der Waals surface area contributed by atoms with Crippen LogP contribution in [0.1, 0.15) is 30.5 Å². The van der Waals surface area contributed by atoms with E-state index in [9.17, 15) is 10.1 Å². The predicted molar refractivity (Wildman–Crippen MR) is 81.6 cm³/mol. The van der Waals surface area contributed by atoms with Gasteiger partial charge >= 0.3 is 0 Å². The zero-order chi connectivity index (χ0) is 15.4. The minimum atomic E-state index is -0.403. The zero-order valence-corrected chi connectivity index (χ0v) is 12.1. The number of para-hydroxylation sites is 1. The van der Waals surface area contributed by atoms with Crippen LogP contribution in [0.5, 0.6) is 11.5 Å². The highest BCUT2D eigenvalue weighted by Gasteiger charge is 2.13. The number of nitro benzene ring substituents is 1. The van der Waals surface area contributed by atoms with Gasteiger partial charge in [0.05, 0.1) is 4.92 Å². The molecule has 110 valence electrons. The van der Waals surface area contributed by atoms with E-state index in [0.717, 1.165) is 12.0 Å². The van der Waals surface area contributed by atoms with Crippen LogP contribution in [-0.2, 0) is 0 Å². The molecule has 21 heavy (non-hydrogen) atoms. The average Bonchev–Trinajstić information content (AvgIpc) is 2.46. The number of ether oxygens (including phenoxy) is 1. The van der Waals surface area contributed by atoms with Crippen LogP contribution in [0.25, 0.3) is 0 Å². The minimum Gasteiger partial charge on any atom is -0.457 e. The van der Waals surface area contributed by atoms with Crippen molar-refractivity contribution >= 4 is 5.69 Å². The van der Waals surface area contributed by atoms with Crippen molar-refractivity contribution in [1.29, 1.82) is 0 Å². The minimum absolute atomic E-state index is 0.0842. The molecule has 0 saturated heterocycles. The Morgan fingerprint density at radius 2 is 2.00 bits per heavy atom. The van der Waals surface area contributed by atoms with E-state index in [2.05, 4.69) is 0 Å². The zero-order valence-electron chi connectivity index (χ0n) is 12.1. The monoisotopic (exact) mass is 286 g/mol. The number of benzene rings is 2. The summed E-state index contributed by atoms with van der Waals surface area (Å²) in [4.78, 5) is 10.4. The van der Waals surface area contributed by atoms with Gasteiger partial charge in [0.15, 0.2) is 0 Å². The first-order valence-corrected chi connectivity index (χ1v) is 6.80. The number of nitro groups is 1. The molecule has 2 N–H and O–H groups in total. The maximum absolute atomic E-state index is 10.8. The van der Waals surface area contributed by atoms with Crippen molar-refractivity contribution in [2.75, 3.05) is 0 Å². The predicted octanol–water partition coefficient (Wildman–Crippen LogP) is 4.11. The molecule has 0 saturated carbocycles. The van der Waals surface area contributed by atoms with Crippen LogP contribution in [0.2, 0.25) is 0 Å². The number of aryl methyl sites for hydroxylation is 1. The summed E-state index contributed by atoms with van der Waals surface area (Å²) in [5, 5.41) is 10.8. The molecule has 0 aromatic heterocycles. The lowest BCUT2D eigenvalue weighted by Gasteiger charge is -2.15. The van der Waals surface area contributed by atoms with Crippen molar-refractivity contribution < 1.29 is 9.66 Å². The molecular formula is C16H18N2O3. The van der Waals surface area contributed by atoms with E-state index < -0.39 is 4.92 Å². The van der Waals surface area contributed by atoms with Crippen molar-refractivity contribution in [2.24, 2.45) is 5.73 Å². The van der Waals surface area contributed by atoms with Gasteiger partial charge in [0.25, 0.3) is 5.69 Å². The molecule has 0 spiro atoms. The summed E-state index contributed by atoms with van der Waals surface area (Å²) in [6.45, 7) is 3.70. The SMILES string of the molecule is CC[C@H](N)c1ccccc1Oc1ccc([N+](=O)[O-])c(C)c1. The highest BCUT2D eigenvalue weighted by Crippen LogP contribution is 2.31. The van der Waals surface area contributed by atoms with Gasteiger partial charge in [0, 0.05) is 23.2 Å². The molecular weight excluding hydrogens is 268 g/mol. The molecule has 2 aromatic carbocycles. The Morgan fingerprint density at radius 3 is 2.62 bits per heavy atom. The second-order valence-electron chi connectivity index (χ2n) is 4.86. The maximum Gasteiger partial charge on any atom is 0.272 e.